The van der Waals surface area contributed by atoms with Gasteiger partial charge < -0.3 is 0 Å². The third-order valence-electron chi connectivity index (χ3n) is 4.32. The molecule has 0 spiro atoms. The van der Waals surface area contributed by atoms with Crippen molar-refractivity contribution in [3.8, 4) is 0 Å². The van der Waals surface area contributed by atoms with E-state index in [0.29, 0.717) is 4.75 Å². The summed E-state index contributed by atoms with van der Waals surface area (Å²) in [7, 11) is -0.265. The summed E-state index contributed by atoms with van der Waals surface area (Å²) in [5, 5.41) is 3.88. The summed E-state index contributed by atoms with van der Waals surface area (Å²) in [5.74, 6) is 0. The zero-order chi connectivity index (χ0) is 16.3. The molecule has 0 heterocycles. The van der Waals surface area contributed by atoms with Crippen LogP contribution in [0.5, 0.6) is 0 Å². The first-order valence-corrected chi connectivity index (χ1v) is 10.9. The van der Waals surface area contributed by atoms with Gasteiger partial charge in [-0.1, -0.05) is 87.9 Å². The van der Waals surface area contributed by atoms with Gasteiger partial charge in [-0.05, 0) is 37.0 Å². The van der Waals surface area contributed by atoms with Gasteiger partial charge in [-0.25, -0.2) is 0 Å². The lowest BCUT2D eigenvalue weighted by atomic mass is 10.3. The van der Waals surface area contributed by atoms with Crippen LogP contribution >= 0.6 is 19.7 Å². The number of hydrogen-bond donors (Lipinski definition) is 0. The molecule has 1 aliphatic carbocycles. The molecule has 0 N–H and O–H groups in total. The van der Waals surface area contributed by atoms with E-state index in [2.05, 4.69) is 93.2 Å². The highest BCUT2D eigenvalue weighted by atomic mass is 32.2. The van der Waals surface area contributed by atoms with Crippen molar-refractivity contribution in [1.82, 2.24) is 0 Å². The third-order valence-corrected chi connectivity index (χ3v) is 9.09. The van der Waals surface area contributed by atoms with Gasteiger partial charge in [-0.2, -0.15) is 11.8 Å². The molecule has 1 saturated carbocycles. The lowest BCUT2D eigenvalue weighted by Crippen LogP contribution is -2.28. The second kappa shape index (κ2) is 7.41. The smallest absolute Gasteiger partial charge is 0.0126 e. The zero-order valence-electron chi connectivity index (χ0n) is 14.4. The molecule has 2 atom stereocenters. The van der Waals surface area contributed by atoms with Crippen LogP contribution in [0.4, 0.5) is 0 Å². The van der Waals surface area contributed by atoms with E-state index < -0.39 is 0 Å². The van der Waals surface area contributed by atoms with Gasteiger partial charge in [-0.15, -0.1) is 0 Å². The molecular formula is C21H27PS. The van der Waals surface area contributed by atoms with Gasteiger partial charge in [0.2, 0.25) is 0 Å². The van der Waals surface area contributed by atoms with Gasteiger partial charge in [0.05, 0.1) is 0 Å². The van der Waals surface area contributed by atoms with E-state index >= 15 is 0 Å². The third kappa shape index (κ3) is 4.40. The molecule has 2 aromatic rings. The van der Waals surface area contributed by atoms with Gasteiger partial charge in [0.25, 0.3) is 0 Å². The number of thioether (sulfide) groups is 1. The number of rotatable bonds is 4. The maximum atomic E-state index is 2.36. The van der Waals surface area contributed by atoms with Gasteiger partial charge in [0.15, 0.2) is 0 Å². The molecule has 0 radical (unpaired) electrons. The Morgan fingerprint density at radius 1 is 0.826 bits per heavy atom. The summed E-state index contributed by atoms with van der Waals surface area (Å²) >= 11 is 2.21. The fourth-order valence-electron chi connectivity index (χ4n) is 3.50. The van der Waals surface area contributed by atoms with Crippen molar-refractivity contribution in [3.63, 3.8) is 0 Å². The first kappa shape index (κ1) is 17.1. The van der Waals surface area contributed by atoms with Crippen LogP contribution in [0.25, 0.3) is 0 Å². The van der Waals surface area contributed by atoms with E-state index in [4.69, 9.17) is 0 Å². The maximum Gasteiger partial charge on any atom is 0.0126 e. The van der Waals surface area contributed by atoms with E-state index in [-0.39, 0.29) is 7.92 Å². The Morgan fingerprint density at radius 3 is 1.83 bits per heavy atom. The van der Waals surface area contributed by atoms with Crippen molar-refractivity contribution in [1.29, 1.82) is 0 Å². The molecular weight excluding hydrogens is 315 g/mol. The number of benzene rings is 2. The van der Waals surface area contributed by atoms with Crippen LogP contribution in [0.2, 0.25) is 0 Å². The zero-order valence-corrected chi connectivity index (χ0v) is 16.1. The first-order valence-electron chi connectivity index (χ1n) is 8.62. The Balaban J connectivity index is 1.95. The van der Waals surface area contributed by atoms with Crippen molar-refractivity contribution in [2.45, 2.75) is 55.7 Å². The van der Waals surface area contributed by atoms with Gasteiger partial charge in [-0.3, -0.25) is 0 Å². The predicted molar refractivity (Wildman–Crippen MR) is 108 cm³/mol. The van der Waals surface area contributed by atoms with Gasteiger partial charge in [0.1, 0.15) is 0 Å². The summed E-state index contributed by atoms with van der Waals surface area (Å²) in [6, 6.07) is 22.5. The fraction of sp³-hybridized carbons (Fsp3) is 0.429. The summed E-state index contributed by atoms with van der Waals surface area (Å²) in [6.45, 7) is 7.08. The average Bonchev–Trinajstić information content (AvgIpc) is 2.96. The molecule has 0 aromatic heterocycles. The second-order valence-corrected chi connectivity index (χ2v) is 11.8. The monoisotopic (exact) mass is 342 g/mol. The Morgan fingerprint density at radius 2 is 1.35 bits per heavy atom. The average molecular weight is 342 g/mol. The summed E-state index contributed by atoms with van der Waals surface area (Å²) in [4.78, 5) is 0. The molecule has 0 amide bonds. The van der Waals surface area contributed by atoms with Crippen LogP contribution in [0, 0.1) is 0 Å². The lowest BCUT2D eigenvalue weighted by molar-refractivity contribution is 0.782. The summed E-state index contributed by atoms with van der Waals surface area (Å²) in [6.07, 6.45) is 4.14. The van der Waals surface area contributed by atoms with Crippen LogP contribution in [0.15, 0.2) is 60.7 Å². The molecule has 0 bridgehead atoms. The van der Waals surface area contributed by atoms with Crippen LogP contribution in [0.3, 0.4) is 0 Å². The molecule has 122 valence electrons. The minimum atomic E-state index is -0.265. The molecule has 3 rings (SSSR count). The molecule has 1 aliphatic rings. The van der Waals surface area contributed by atoms with Crippen molar-refractivity contribution < 1.29 is 0 Å². The van der Waals surface area contributed by atoms with E-state index in [1.807, 2.05) is 0 Å². The minimum Gasteiger partial charge on any atom is -0.152 e. The van der Waals surface area contributed by atoms with Crippen LogP contribution in [-0.2, 0) is 0 Å². The summed E-state index contributed by atoms with van der Waals surface area (Å²) in [5.41, 5.74) is 0.805. The van der Waals surface area contributed by atoms with Gasteiger partial charge >= 0.3 is 0 Å². The molecule has 2 aromatic carbocycles. The molecule has 23 heavy (non-hydrogen) atoms. The molecule has 0 nitrogen and oxygen atoms in total. The first-order chi connectivity index (χ1) is 11.0. The standard InChI is InChI=1S/C21H27PS/c1-21(2,3)23-20-16-10-15-19(20)22(17-11-6-4-7-12-17)18-13-8-5-9-14-18/h4-9,11-14,19-20H,10,15-16H2,1-3H3/t19?,20-/m0/s1. The highest BCUT2D eigenvalue weighted by molar-refractivity contribution is 8.01. The van der Waals surface area contributed by atoms with Crippen molar-refractivity contribution in [2.75, 3.05) is 0 Å². The van der Waals surface area contributed by atoms with Crippen LogP contribution in [0.1, 0.15) is 40.0 Å². The number of hydrogen-bond acceptors (Lipinski definition) is 1. The Kier molecular flexibility index (Phi) is 5.49. The highest BCUT2D eigenvalue weighted by Crippen LogP contribution is 2.52. The van der Waals surface area contributed by atoms with Crippen molar-refractivity contribution in [3.05, 3.63) is 60.7 Å². The molecule has 2 heteroatoms. The van der Waals surface area contributed by atoms with E-state index in [9.17, 15) is 0 Å². The van der Waals surface area contributed by atoms with E-state index in [0.717, 1.165) is 10.9 Å². The normalized spacial score (nSPS) is 21.7. The topological polar surface area (TPSA) is 0 Å². The Bertz CT molecular complexity index is 563. The molecule has 1 fully saturated rings. The van der Waals surface area contributed by atoms with E-state index in [1.165, 1.54) is 19.3 Å². The van der Waals surface area contributed by atoms with Crippen molar-refractivity contribution >= 4 is 30.3 Å². The molecule has 0 saturated heterocycles. The molecule has 0 aliphatic heterocycles. The largest absolute Gasteiger partial charge is 0.152 e. The maximum absolute atomic E-state index is 2.36. The Labute approximate surface area is 146 Å². The van der Waals surface area contributed by atoms with Crippen molar-refractivity contribution in [2.24, 2.45) is 0 Å². The summed E-state index contributed by atoms with van der Waals surface area (Å²) < 4.78 is 0.349. The lowest BCUT2D eigenvalue weighted by Gasteiger charge is -2.33. The molecule has 1 unspecified atom stereocenters. The quantitative estimate of drug-likeness (QED) is 0.654. The van der Waals surface area contributed by atoms with Crippen LogP contribution < -0.4 is 10.6 Å². The predicted octanol–water partition coefficient (Wildman–Crippen LogP) is 5.57. The highest BCUT2D eigenvalue weighted by Gasteiger charge is 2.37. The van der Waals surface area contributed by atoms with Crippen LogP contribution in [-0.4, -0.2) is 15.7 Å². The fourth-order valence-corrected chi connectivity index (χ4v) is 8.51. The second-order valence-electron chi connectivity index (χ2n) is 7.31. The SMILES string of the molecule is CC(C)(C)S[C@H]1CCCC1P(c1ccccc1)c1ccccc1. The van der Waals surface area contributed by atoms with Gasteiger partial charge in [0, 0.05) is 10.00 Å². The van der Waals surface area contributed by atoms with E-state index in [1.54, 1.807) is 10.6 Å². The minimum absolute atomic E-state index is 0.265. The Hall–Kier alpha value is -0.780.